The molecule has 23 heavy (non-hydrogen) atoms. The van der Waals surface area contributed by atoms with Gasteiger partial charge in [0.2, 0.25) is 0 Å². The molecule has 0 radical (unpaired) electrons. The summed E-state index contributed by atoms with van der Waals surface area (Å²) < 4.78 is 5.11. The van der Waals surface area contributed by atoms with Crippen LogP contribution in [-0.4, -0.2) is 25.2 Å². The van der Waals surface area contributed by atoms with Gasteiger partial charge in [0, 0.05) is 48.3 Å². The van der Waals surface area contributed by atoms with Crippen molar-refractivity contribution in [1.82, 2.24) is 10.3 Å². The van der Waals surface area contributed by atoms with Crippen LogP contribution >= 0.6 is 0 Å². The Hall–Kier alpha value is -2.59. The fraction of sp³-hybridized carbons (Fsp3) is 0.211. The molecule has 0 bridgehead atoms. The number of nitrogens with zero attached hydrogens (tertiary/aromatic N) is 1. The summed E-state index contributed by atoms with van der Waals surface area (Å²) in [5.41, 5.74) is 3.98. The van der Waals surface area contributed by atoms with Gasteiger partial charge in [0.25, 0.3) is 0 Å². The second-order valence-electron chi connectivity index (χ2n) is 5.18. The summed E-state index contributed by atoms with van der Waals surface area (Å²) in [5.74, 6) is 0.659. The molecule has 0 aliphatic rings. The van der Waals surface area contributed by atoms with E-state index in [4.69, 9.17) is 4.74 Å². The van der Waals surface area contributed by atoms with Crippen LogP contribution < -0.4 is 10.6 Å². The van der Waals surface area contributed by atoms with Crippen molar-refractivity contribution >= 4 is 11.4 Å². The number of anilines is 1. The molecule has 1 heterocycles. The molecule has 0 aliphatic heterocycles. The minimum atomic E-state index is 0.659. The number of methoxy groups -OCH3 is 1. The number of benzene rings is 1. The lowest BCUT2D eigenvalue weighted by atomic mass is 10.2. The van der Waals surface area contributed by atoms with Crippen molar-refractivity contribution in [3.63, 3.8) is 0 Å². The van der Waals surface area contributed by atoms with Gasteiger partial charge in [-0.15, -0.1) is 0 Å². The van der Waals surface area contributed by atoms with Crippen molar-refractivity contribution < 1.29 is 4.74 Å². The van der Waals surface area contributed by atoms with Crippen LogP contribution in [0.2, 0.25) is 0 Å². The van der Waals surface area contributed by atoms with E-state index in [1.54, 1.807) is 7.11 Å². The monoisotopic (exact) mass is 309 g/mol. The third kappa shape index (κ3) is 5.60. The Morgan fingerprint density at radius 2 is 1.91 bits per heavy atom. The molecule has 4 heteroatoms. The number of nitrogens with one attached hydrogen (secondary N) is 2. The van der Waals surface area contributed by atoms with E-state index in [9.17, 15) is 0 Å². The van der Waals surface area contributed by atoms with Crippen LogP contribution in [0.25, 0.3) is 5.76 Å². The molecule has 0 spiro atoms. The Labute approximate surface area is 137 Å². The lowest BCUT2D eigenvalue weighted by Gasteiger charge is -2.12. The first-order valence-corrected chi connectivity index (χ1v) is 7.58. The molecular weight excluding hydrogens is 286 g/mol. The third-order valence-corrected chi connectivity index (χ3v) is 3.40. The van der Waals surface area contributed by atoms with Gasteiger partial charge in [-0.25, -0.2) is 0 Å². The summed E-state index contributed by atoms with van der Waals surface area (Å²) in [7, 11) is 1.62. The first kappa shape index (κ1) is 16.8. The van der Waals surface area contributed by atoms with Crippen molar-refractivity contribution in [2.45, 2.75) is 6.42 Å². The van der Waals surface area contributed by atoms with Gasteiger partial charge in [0.05, 0.1) is 7.11 Å². The molecule has 2 N–H and O–H groups in total. The average molecular weight is 309 g/mol. The van der Waals surface area contributed by atoms with Crippen molar-refractivity contribution in [2.24, 2.45) is 0 Å². The summed E-state index contributed by atoms with van der Waals surface area (Å²) >= 11 is 0. The number of pyridine rings is 1. The van der Waals surface area contributed by atoms with Crippen LogP contribution in [0.15, 0.2) is 67.5 Å². The molecule has 2 rings (SSSR count). The molecule has 4 nitrogen and oxygen atoms in total. The Morgan fingerprint density at radius 3 is 2.57 bits per heavy atom. The molecule has 0 saturated carbocycles. The topological polar surface area (TPSA) is 46.2 Å². The number of rotatable bonds is 9. The molecule has 0 amide bonds. The van der Waals surface area contributed by atoms with Crippen molar-refractivity contribution in [1.29, 1.82) is 0 Å². The van der Waals surface area contributed by atoms with Gasteiger partial charge in [-0.05, 0) is 36.4 Å². The number of hydrogen-bond acceptors (Lipinski definition) is 4. The van der Waals surface area contributed by atoms with Gasteiger partial charge in [0.15, 0.2) is 0 Å². The van der Waals surface area contributed by atoms with E-state index < -0.39 is 0 Å². The molecule has 0 fully saturated rings. The van der Waals surface area contributed by atoms with Gasteiger partial charge in [-0.1, -0.05) is 19.2 Å². The Balaban J connectivity index is 1.71. The van der Waals surface area contributed by atoms with Gasteiger partial charge in [-0.2, -0.15) is 0 Å². The highest BCUT2D eigenvalue weighted by Crippen LogP contribution is 2.17. The molecular formula is C19H23N3O. The third-order valence-electron chi connectivity index (χ3n) is 3.40. The zero-order valence-corrected chi connectivity index (χ0v) is 13.5. The lowest BCUT2D eigenvalue weighted by Crippen LogP contribution is -2.22. The molecule has 1 aromatic heterocycles. The van der Waals surface area contributed by atoms with Crippen molar-refractivity contribution in [2.75, 3.05) is 25.5 Å². The van der Waals surface area contributed by atoms with E-state index in [1.807, 2.05) is 48.7 Å². The standard InChI is InChI=1S/C19H23N3O/c1-15(14-20-13-11-18-6-4-5-12-21-18)22-19-9-7-17(8-10-19)16(2)23-3/h4-10,12,20,22H,1-2,11,13-14H2,3H3. The zero-order valence-electron chi connectivity index (χ0n) is 13.5. The van der Waals surface area contributed by atoms with Crippen molar-refractivity contribution in [3.8, 4) is 0 Å². The highest BCUT2D eigenvalue weighted by molar-refractivity contribution is 5.61. The van der Waals surface area contributed by atoms with E-state index >= 15 is 0 Å². The van der Waals surface area contributed by atoms with E-state index in [1.165, 1.54) is 0 Å². The maximum atomic E-state index is 5.11. The fourth-order valence-electron chi connectivity index (χ4n) is 2.11. The van der Waals surface area contributed by atoms with E-state index in [-0.39, 0.29) is 0 Å². The fourth-order valence-corrected chi connectivity index (χ4v) is 2.11. The zero-order chi connectivity index (χ0) is 16.5. The number of hydrogen-bond donors (Lipinski definition) is 2. The Bertz CT molecular complexity index is 635. The SMILES string of the molecule is C=C(CNCCc1ccccn1)Nc1ccc(C(=C)OC)cc1. The molecule has 1 aromatic carbocycles. The summed E-state index contributed by atoms with van der Waals surface area (Å²) in [6.07, 6.45) is 2.72. The second kappa shape index (κ2) is 8.76. The summed E-state index contributed by atoms with van der Waals surface area (Å²) in [6.45, 7) is 9.44. The molecule has 0 unspecified atom stereocenters. The first-order chi connectivity index (χ1) is 11.2. The summed E-state index contributed by atoms with van der Waals surface area (Å²) in [5, 5.41) is 6.64. The van der Waals surface area contributed by atoms with Crippen LogP contribution in [0.5, 0.6) is 0 Å². The molecule has 0 atom stereocenters. The summed E-state index contributed by atoms with van der Waals surface area (Å²) in [4.78, 5) is 4.30. The van der Waals surface area contributed by atoms with Crippen molar-refractivity contribution in [3.05, 3.63) is 78.8 Å². The summed E-state index contributed by atoms with van der Waals surface area (Å²) in [6, 6.07) is 13.9. The molecule has 0 saturated heterocycles. The number of ether oxygens (including phenoxy) is 1. The lowest BCUT2D eigenvalue weighted by molar-refractivity contribution is 0.371. The second-order valence-corrected chi connectivity index (χ2v) is 5.18. The van der Waals surface area contributed by atoms with Gasteiger partial charge in [0.1, 0.15) is 5.76 Å². The Kier molecular flexibility index (Phi) is 6.39. The highest BCUT2D eigenvalue weighted by atomic mass is 16.5. The first-order valence-electron chi connectivity index (χ1n) is 7.58. The predicted octanol–water partition coefficient (Wildman–Crippen LogP) is 3.46. The average Bonchev–Trinajstić information content (AvgIpc) is 2.59. The smallest absolute Gasteiger partial charge is 0.118 e. The highest BCUT2D eigenvalue weighted by Gasteiger charge is 2.00. The van der Waals surface area contributed by atoms with Gasteiger partial charge >= 0.3 is 0 Å². The minimum absolute atomic E-state index is 0.659. The molecule has 120 valence electrons. The van der Waals surface area contributed by atoms with Crippen LogP contribution in [-0.2, 0) is 11.2 Å². The largest absolute Gasteiger partial charge is 0.497 e. The minimum Gasteiger partial charge on any atom is -0.497 e. The Morgan fingerprint density at radius 1 is 1.13 bits per heavy atom. The molecule has 0 aliphatic carbocycles. The van der Waals surface area contributed by atoms with Crippen LogP contribution in [0.3, 0.4) is 0 Å². The maximum Gasteiger partial charge on any atom is 0.118 e. The van der Waals surface area contributed by atoms with Crippen LogP contribution in [0.4, 0.5) is 5.69 Å². The van der Waals surface area contributed by atoms with Crippen LogP contribution in [0.1, 0.15) is 11.3 Å². The van der Waals surface area contributed by atoms with E-state index in [2.05, 4.69) is 28.8 Å². The maximum absolute atomic E-state index is 5.11. The van der Waals surface area contributed by atoms with Crippen LogP contribution in [0, 0.1) is 0 Å². The van der Waals surface area contributed by atoms with E-state index in [0.717, 1.165) is 35.6 Å². The normalized spacial score (nSPS) is 10.1. The van der Waals surface area contributed by atoms with Gasteiger partial charge in [-0.3, -0.25) is 4.98 Å². The van der Waals surface area contributed by atoms with Gasteiger partial charge < -0.3 is 15.4 Å². The quantitative estimate of drug-likeness (QED) is 0.550. The molecule has 2 aromatic rings. The van der Waals surface area contributed by atoms with E-state index in [0.29, 0.717) is 12.3 Å². The number of aromatic nitrogens is 1. The predicted molar refractivity (Wildman–Crippen MR) is 96.1 cm³/mol.